The molecule has 0 aromatic heterocycles. The molecule has 1 unspecified atom stereocenters. The first-order chi connectivity index (χ1) is 21.6. The minimum Gasteiger partial charge on any atom is -0.491 e. The van der Waals surface area contributed by atoms with Gasteiger partial charge in [0.05, 0.1) is 36.0 Å². The molecule has 0 radical (unpaired) electrons. The summed E-state index contributed by atoms with van der Waals surface area (Å²) in [5.41, 5.74) is -6.85. The van der Waals surface area contributed by atoms with Crippen molar-refractivity contribution >= 4 is 0 Å². The molecule has 3 aliphatic rings. The number of fused-ring (bicyclic) bond motifs is 3. The van der Waals surface area contributed by atoms with Gasteiger partial charge in [-0.2, -0.15) is 35.1 Å². The Morgan fingerprint density at radius 1 is 0.826 bits per heavy atom. The van der Waals surface area contributed by atoms with Crippen LogP contribution in [0.3, 0.4) is 0 Å². The molecule has 1 fully saturated rings. The number of unbranched alkanes of at least 4 members (excludes halogenated alkanes) is 1. The molecule has 5 rings (SSSR count). The molecule has 2 nitrogen and oxygen atoms in total. The highest BCUT2D eigenvalue weighted by Gasteiger charge is 2.68. The van der Waals surface area contributed by atoms with Crippen molar-refractivity contribution in [2.24, 2.45) is 11.8 Å². The Morgan fingerprint density at radius 2 is 1.43 bits per heavy atom. The monoisotopic (exact) mass is 666 g/mol. The van der Waals surface area contributed by atoms with Gasteiger partial charge in [-0.3, -0.25) is 0 Å². The van der Waals surface area contributed by atoms with Crippen LogP contribution in [0.25, 0.3) is 11.1 Å². The van der Waals surface area contributed by atoms with Gasteiger partial charge in [-0.1, -0.05) is 38.8 Å². The molecule has 0 N–H and O–H groups in total. The predicted octanol–water partition coefficient (Wildman–Crippen LogP) is 11.1. The van der Waals surface area contributed by atoms with Crippen molar-refractivity contribution < 1.29 is 53.4 Å². The van der Waals surface area contributed by atoms with Crippen LogP contribution in [0.4, 0.5) is 43.9 Å². The maximum atomic E-state index is 15.7. The summed E-state index contributed by atoms with van der Waals surface area (Å²) in [4.78, 5) is 0. The molecule has 0 spiro atoms. The lowest BCUT2D eigenvalue weighted by molar-refractivity contribution is -0.252. The summed E-state index contributed by atoms with van der Waals surface area (Å²) >= 11 is 0. The molecule has 1 saturated carbocycles. The number of alkyl halides is 8. The molecule has 46 heavy (non-hydrogen) atoms. The molecule has 2 aliphatic carbocycles. The van der Waals surface area contributed by atoms with Crippen LogP contribution in [0.15, 0.2) is 35.9 Å². The van der Waals surface area contributed by atoms with Crippen molar-refractivity contribution in [2.75, 3.05) is 13.2 Å². The fourth-order valence-corrected chi connectivity index (χ4v) is 6.93. The van der Waals surface area contributed by atoms with Crippen LogP contribution in [-0.2, 0) is 22.5 Å². The maximum absolute atomic E-state index is 15.7. The minimum atomic E-state index is -5.56. The van der Waals surface area contributed by atoms with Crippen molar-refractivity contribution in [3.05, 3.63) is 64.2 Å². The van der Waals surface area contributed by atoms with E-state index < -0.39 is 74.8 Å². The Morgan fingerprint density at radius 3 is 2.00 bits per heavy atom. The summed E-state index contributed by atoms with van der Waals surface area (Å²) in [5.74, 6) is -28.4. The Bertz CT molecular complexity index is 1460. The number of ether oxygens (including phenoxy) is 2. The van der Waals surface area contributed by atoms with E-state index in [0.29, 0.717) is 31.9 Å². The van der Waals surface area contributed by atoms with Crippen molar-refractivity contribution in [1.29, 1.82) is 0 Å². The third-order valence-corrected chi connectivity index (χ3v) is 9.58. The number of benzene rings is 2. The quantitative estimate of drug-likeness (QED) is 0.143. The van der Waals surface area contributed by atoms with E-state index in [0.717, 1.165) is 30.5 Å². The van der Waals surface area contributed by atoms with Crippen LogP contribution in [0, 0.1) is 23.5 Å². The summed E-state index contributed by atoms with van der Waals surface area (Å²) in [6.45, 7) is 4.12. The Balaban J connectivity index is 1.44. The van der Waals surface area contributed by atoms with Crippen molar-refractivity contribution in [3.63, 3.8) is 0 Å². The molecule has 2 aromatic rings. The van der Waals surface area contributed by atoms with Gasteiger partial charge in [0, 0.05) is 5.92 Å². The summed E-state index contributed by atoms with van der Waals surface area (Å²) in [6.07, 6.45) is 4.80. The number of hydrogen-bond acceptors (Lipinski definition) is 2. The normalized spacial score (nSPS) is 24.2. The third kappa shape index (κ3) is 5.60. The second kappa shape index (κ2) is 12.7. The average molecular weight is 667 g/mol. The second-order valence-electron chi connectivity index (χ2n) is 12.5. The summed E-state index contributed by atoms with van der Waals surface area (Å²) < 4.78 is 166. The van der Waals surface area contributed by atoms with Crippen molar-refractivity contribution in [2.45, 2.75) is 101 Å². The van der Waals surface area contributed by atoms with Gasteiger partial charge < -0.3 is 9.47 Å². The first-order valence-electron chi connectivity index (χ1n) is 15.7. The molecule has 1 aliphatic heterocycles. The molecule has 1 heterocycles. The Hall–Kier alpha value is -2.76. The molecule has 2 aromatic carbocycles. The summed E-state index contributed by atoms with van der Waals surface area (Å²) in [5, 5.41) is 0. The number of rotatable bonds is 10. The van der Waals surface area contributed by atoms with E-state index in [-0.39, 0.29) is 50.4 Å². The SMILES string of the molecule is CCCCOc1ccc2c(c1F)C(F)(F)C(F)(F)c1c-2ccc(C(F)(F)C(F)(F)C2CCC(C3CC=C(CCC)CO3)CC2)c1F. The van der Waals surface area contributed by atoms with Crippen LogP contribution >= 0.6 is 0 Å². The number of hydrogen-bond donors (Lipinski definition) is 0. The summed E-state index contributed by atoms with van der Waals surface area (Å²) in [6, 6.07) is 2.31. The number of halogens is 10. The Kier molecular flexibility index (Phi) is 9.54. The van der Waals surface area contributed by atoms with Crippen LogP contribution in [0.1, 0.15) is 88.3 Å². The predicted molar refractivity (Wildman–Crippen MR) is 152 cm³/mol. The lowest BCUT2D eigenvalue weighted by Gasteiger charge is -2.40. The molecular weight excluding hydrogens is 630 g/mol. The van der Waals surface area contributed by atoms with Crippen LogP contribution in [0.2, 0.25) is 0 Å². The highest BCUT2D eigenvalue weighted by molar-refractivity contribution is 5.77. The first-order valence-corrected chi connectivity index (χ1v) is 15.7. The zero-order chi connectivity index (χ0) is 33.7. The van der Waals surface area contributed by atoms with Gasteiger partial charge in [-0.15, -0.1) is 0 Å². The average Bonchev–Trinajstić information content (AvgIpc) is 3.01. The lowest BCUT2D eigenvalue weighted by Crippen LogP contribution is -2.47. The zero-order valence-electron chi connectivity index (χ0n) is 25.5. The van der Waals surface area contributed by atoms with Gasteiger partial charge in [-0.25, -0.2) is 8.78 Å². The molecule has 1 atom stereocenters. The van der Waals surface area contributed by atoms with E-state index in [2.05, 4.69) is 6.08 Å². The van der Waals surface area contributed by atoms with Gasteiger partial charge in [0.15, 0.2) is 11.6 Å². The second-order valence-corrected chi connectivity index (χ2v) is 12.5. The standard InChI is InChI=1S/C34H36F10O2/c1-3-5-17-45-26-16-13-23-22-12-14-24(29(35)27(22)33(41,42)34(43,44)28(23)30(26)36)32(39,40)31(37,38)21-10-8-20(9-11-21)25-15-7-19(6-4-2)18-46-25/h7,12-14,16,20-21,25H,3-6,8-11,15,17-18H2,1-2H3. The van der Waals surface area contributed by atoms with E-state index in [9.17, 15) is 0 Å². The first kappa shape index (κ1) is 34.6. The largest absolute Gasteiger partial charge is 0.491 e. The molecule has 254 valence electrons. The summed E-state index contributed by atoms with van der Waals surface area (Å²) in [7, 11) is 0. The van der Waals surface area contributed by atoms with E-state index in [1.165, 1.54) is 0 Å². The maximum Gasteiger partial charge on any atom is 0.343 e. The highest BCUT2D eigenvalue weighted by Crippen LogP contribution is 2.61. The molecule has 12 heteroatoms. The van der Waals surface area contributed by atoms with Crippen LogP contribution in [0.5, 0.6) is 5.75 Å². The van der Waals surface area contributed by atoms with Gasteiger partial charge in [0.25, 0.3) is 0 Å². The van der Waals surface area contributed by atoms with Gasteiger partial charge in [-0.05, 0) is 85.8 Å². The van der Waals surface area contributed by atoms with E-state index in [1.54, 1.807) is 6.92 Å². The molecular formula is C34H36F10O2. The van der Waals surface area contributed by atoms with Gasteiger partial charge in [0.1, 0.15) is 5.82 Å². The van der Waals surface area contributed by atoms with E-state index in [1.807, 2.05) is 6.92 Å². The molecule has 0 amide bonds. The lowest BCUT2D eigenvalue weighted by atomic mass is 9.73. The third-order valence-electron chi connectivity index (χ3n) is 9.58. The molecule has 0 saturated heterocycles. The van der Waals surface area contributed by atoms with Crippen LogP contribution < -0.4 is 4.74 Å². The van der Waals surface area contributed by atoms with Gasteiger partial charge in [0.2, 0.25) is 0 Å². The van der Waals surface area contributed by atoms with Crippen molar-refractivity contribution in [1.82, 2.24) is 0 Å². The fourth-order valence-electron chi connectivity index (χ4n) is 6.93. The van der Waals surface area contributed by atoms with Crippen LogP contribution in [-0.4, -0.2) is 25.2 Å². The Labute approximate surface area is 261 Å². The highest BCUT2D eigenvalue weighted by atomic mass is 19.3. The fraction of sp³-hybridized carbons (Fsp3) is 0.588. The topological polar surface area (TPSA) is 18.5 Å². The molecule has 0 bridgehead atoms. The minimum absolute atomic E-state index is 0.0979. The van der Waals surface area contributed by atoms with E-state index >= 15 is 43.9 Å². The smallest absolute Gasteiger partial charge is 0.343 e. The zero-order valence-corrected chi connectivity index (χ0v) is 25.5. The van der Waals surface area contributed by atoms with Gasteiger partial charge >= 0.3 is 23.7 Å². The van der Waals surface area contributed by atoms with E-state index in [4.69, 9.17) is 9.47 Å². The van der Waals surface area contributed by atoms with Crippen molar-refractivity contribution in [3.8, 4) is 16.9 Å².